The molecule has 0 aromatic carbocycles. The molecule has 1 unspecified atom stereocenters. The van der Waals surface area contributed by atoms with Crippen LogP contribution in [0.3, 0.4) is 0 Å². The monoisotopic (exact) mass is 210 g/mol. The quantitative estimate of drug-likeness (QED) is 0.745. The van der Waals surface area contributed by atoms with Crippen LogP contribution in [0.2, 0.25) is 0 Å². The lowest BCUT2D eigenvalue weighted by atomic mass is 10.2. The molecule has 1 fully saturated rings. The fraction of sp³-hybridized carbons (Fsp3) is 0.889. The average Bonchev–Trinajstić information content (AvgIpc) is 2.85. The lowest BCUT2D eigenvalue weighted by Crippen LogP contribution is -2.38. The second kappa shape index (κ2) is 4.57. The van der Waals surface area contributed by atoms with Crippen molar-refractivity contribution in [2.45, 2.75) is 25.8 Å². The summed E-state index contributed by atoms with van der Waals surface area (Å²) in [6.07, 6.45) is 2.53. The Kier molecular flexibility index (Phi) is 3.15. The van der Waals surface area contributed by atoms with E-state index in [-0.39, 0.29) is 0 Å². The van der Waals surface area contributed by atoms with E-state index in [1.165, 1.54) is 12.8 Å². The Bertz CT molecular complexity index is 303. The number of nitrogens with zero attached hydrogens (tertiary/aromatic N) is 5. The Morgan fingerprint density at radius 2 is 2.47 bits per heavy atom. The predicted octanol–water partition coefficient (Wildman–Crippen LogP) is -0.212. The maximum Gasteiger partial charge on any atom is 0.245 e. The van der Waals surface area contributed by atoms with Crippen LogP contribution in [-0.2, 0) is 7.05 Å². The molecule has 1 atom stereocenters. The first-order valence-corrected chi connectivity index (χ1v) is 5.52. The van der Waals surface area contributed by atoms with Gasteiger partial charge in [-0.25, -0.2) is 4.68 Å². The Balaban J connectivity index is 2.00. The molecule has 1 aliphatic heterocycles. The summed E-state index contributed by atoms with van der Waals surface area (Å²) in [5.41, 5.74) is 0. The summed E-state index contributed by atoms with van der Waals surface area (Å²) in [5.74, 6) is 0.853. The molecule has 1 aliphatic rings. The van der Waals surface area contributed by atoms with E-state index in [0.717, 1.165) is 25.6 Å². The molecule has 6 nitrogen and oxygen atoms in total. The van der Waals surface area contributed by atoms with Gasteiger partial charge in [-0.3, -0.25) is 0 Å². The summed E-state index contributed by atoms with van der Waals surface area (Å²) in [7, 11) is 1.88. The summed E-state index contributed by atoms with van der Waals surface area (Å²) in [4.78, 5) is 2.21. The summed E-state index contributed by atoms with van der Waals surface area (Å²) in [6.45, 7) is 5.19. The molecule has 1 aromatic rings. The largest absolute Gasteiger partial charge is 0.338 e. The van der Waals surface area contributed by atoms with Gasteiger partial charge in [-0.2, -0.15) is 0 Å². The van der Waals surface area contributed by atoms with Crippen LogP contribution in [-0.4, -0.2) is 45.9 Å². The van der Waals surface area contributed by atoms with E-state index in [1.807, 2.05) is 7.05 Å². The maximum atomic E-state index is 4.03. The smallest absolute Gasteiger partial charge is 0.245 e. The topological polar surface area (TPSA) is 58.9 Å². The molecule has 0 spiro atoms. The van der Waals surface area contributed by atoms with E-state index in [1.54, 1.807) is 4.68 Å². The molecule has 0 aliphatic carbocycles. The molecular weight excluding hydrogens is 192 g/mol. The number of hydrogen-bond acceptors (Lipinski definition) is 5. The zero-order valence-corrected chi connectivity index (χ0v) is 9.35. The molecule has 0 saturated carbocycles. The van der Waals surface area contributed by atoms with Crippen molar-refractivity contribution in [1.82, 2.24) is 25.5 Å². The highest BCUT2D eigenvalue weighted by molar-refractivity contribution is 5.27. The third-order valence-corrected chi connectivity index (χ3v) is 2.87. The normalized spacial score (nSPS) is 20.8. The van der Waals surface area contributed by atoms with Crippen molar-refractivity contribution in [3.63, 3.8) is 0 Å². The van der Waals surface area contributed by atoms with E-state index >= 15 is 0 Å². The number of nitrogens with one attached hydrogen (secondary N) is 1. The van der Waals surface area contributed by atoms with Gasteiger partial charge in [-0.15, -0.1) is 0 Å². The predicted molar refractivity (Wildman–Crippen MR) is 57.7 cm³/mol. The molecule has 15 heavy (non-hydrogen) atoms. The second-order valence-electron chi connectivity index (χ2n) is 3.93. The van der Waals surface area contributed by atoms with Crippen molar-refractivity contribution in [2.75, 3.05) is 24.5 Å². The molecule has 1 saturated heterocycles. The maximum absolute atomic E-state index is 4.03. The summed E-state index contributed by atoms with van der Waals surface area (Å²) < 4.78 is 1.72. The van der Waals surface area contributed by atoms with E-state index < -0.39 is 0 Å². The van der Waals surface area contributed by atoms with Crippen LogP contribution >= 0.6 is 0 Å². The zero-order chi connectivity index (χ0) is 10.7. The van der Waals surface area contributed by atoms with Crippen LogP contribution in [0.15, 0.2) is 0 Å². The van der Waals surface area contributed by atoms with Crippen molar-refractivity contribution in [1.29, 1.82) is 0 Å². The lowest BCUT2D eigenvalue weighted by Gasteiger charge is -2.23. The number of hydrogen-bond donors (Lipinski definition) is 1. The lowest BCUT2D eigenvalue weighted by molar-refractivity contribution is 0.571. The fourth-order valence-corrected chi connectivity index (χ4v) is 2.02. The third-order valence-electron chi connectivity index (χ3n) is 2.87. The summed E-state index contributed by atoms with van der Waals surface area (Å²) in [5, 5.41) is 15.0. The average molecular weight is 210 g/mol. The number of anilines is 1. The SMILES string of the molecule is CCN(CC1CCCN1)c1nnnn1C. The van der Waals surface area contributed by atoms with Crippen LogP contribution < -0.4 is 10.2 Å². The second-order valence-corrected chi connectivity index (χ2v) is 3.93. The van der Waals surface area contributed by atoms with Gasteiger partial charge in [0.05, 0.1) is 0 Å². The molecular formula is C9H18N6. The number of tetrazole rings is 1. The van der Waals surface area contributed by atoms with E-state index in [2.05, 4.69) is 32.7 Å². The minimum atomic E-state index is 0.585. The molecule has 0 amide bonds. The first kappa shape index (κ1) is 10.4. The van der Waals surface area contributed by atoms with Gasteiger partial charge in [-0.1, -0.05) is 5.10 Å². The van der Waals surface area contributed by atoms with Crippen molar-refractivity contribution in [2.24, 2.45) is 7.05 Å². The fourth-order valence-electron chi connectivity index (χ4n) is 2.02. The van der Waals surface area contributed by atoms with Gasteiger partial charge in [0, 0.05) is 26.2 Å². The highest BCUT2D eigenvalue weighted by atomic mass is 15.6. The number of aromatic nitrogens is 4. The van der Waals surface area contributed by atoms with Crippen molar-refractivity contribution in [3.05, 3.63) is 0 Å². The van der Waals surface area contributed by atoms with Gasteiger partial charge in [0.25, 0.3) is 0 Å². The Labute approximate surface area is 89.6 Å². The Morgan fingerprint density at radius 3 is 3.00 bits per heavy atom. The van der Waals surface area contributed by atoms with Crippen LogP contribution in [0.25, 0.3) is 0 Å². The van der Waals surface area contributed by atoms with Gasteiger partial charge < -0.3 is 10.2 Å². The summed E-state index contributed by atoms with van der Waals surface area (Å²) >= 11 is 0. The molecule has 2 rings (SSSR count). The van der Waals surface area contributed by atoms with E-state index in [4.69, 9.17) is 0 Å². The van der Waals surface area contributed by atoms with Crippen LogP contribution in [0.1, 0.15) is 19.8 Å². The molecule has 2 heterocycles. The van der Waals surface area contributed by atoms with Crippen LogP contribution in [0.5, 0.6) is 0 Å². The zero-order valence-electron chi connectivity index (χ0n) is 9.35. The van der Waals surface area contributed by atoms with Gasteiger partial charge >= 0.3 is 0 Å². The molecule has 6 heteroatoms. The highest BCUT2D eigenvalue weighted by Crippen LogP contribution is 2.11. The van der Waals surface area contributed by atoms with Gasteiger partial charge in [0.15, 0.2) is 0 Å². The van der Waals surface area contributed by atoms with Gasteiger partial charge in [0.2, 0.25) is 5.95 Å². The minimum Gasteiger partial charge on any atom is -0.338 e. The van der Waals surface area contributed by atoms with Crippen molar-refractivity contribution in [3.8, 4) is 0 Å². The molecule has 0 radical (unpaired) electrons. The van der Waals surface area contributed by atoms with Crippen molar-refractivity contribution < 1.29 is 0 Å². The Morgan fingerprint density at radius 1 is 1.60 bits per heavy atom. The van der Waals surface area contributed by atoms with Crippen LogP contribution in [0, 0.1) is 0 Å². The van der Waals surface area contributed by atoms with Crippen LogP contribution in [0.4, 0.5) is 5.95 Å². The first-order valence-electron chi connectivity index (χ1n) is 5.52. The van der Waals surface area contributed by atoms with E-state index in [0.29, 0.717) is 6.04 Å². The van der Waals surface area contributed by atoms with Gasteiger partial charge in [-0.05, 0) is 36.7 Å². The Hall–Kier alpha value is -1.17. The number of likely N-dealkylation sites (N-methyl/N-ethyl adjacent to an activating group) is 1. The molecule has 84 valence electrons. The standard InChI is InChI=1S/C9H18N6/c1-3-15(7-8-5-4-6-10-8)9-11-12-13-14(9)2/h8,10H,3-7H2,1-2H3. The third kappa shape index (κ3) is 2.26. The molecule has 1 N–H and O–H groups in total. The minimum absolute atomic E-state index is 0.585. The molecule has 0 bridgehead atoms. The first-order chi connectivity index (χ1) is 7.31. The molecule has 1 aromatic heterocycles. The highest BCUT2D eigenvalue weighted by Gasteiger charge is 2.19. The van der Waals surface area contributed by atoms with E-state index in [9.17, 15) is 0 Å². The summed E-state index contributed by atoms with van der Waals surface area (Å²) in [6, 6.07) is 0.585. The van der Waals surface area contributed by atoms with Gasteiger partial charge in [0.1, 0.15) is 0 Å². The number of aryl methyl sites for hydroxylation is 1. The number of rotatable bonds is 4. The van der Waals surface area contributed by atoms with Crippen molar-refractivity contribution >= 4 is 5.95 Å².